The van der Waals surface area contributed by atoms with Crippen LogP contribution < -0.4 is 10.1 Å². The summed E-state index contributed by atoms with van der Waals surface area (Å²) in [6.45, 7) is 6.21. The Kier molecular flexibility index (Phi) is 5.06. The van der Waals surface area contributed by atoms with E-state index in [-0.39, 0.29) is 0 Å². The van der Waals surface area contributed by atoms with Crippen molar-refractivity contribution in [3.63, 3.8) is 0 Å². The number of benzene rings is 1. The molecule has 0 radical (unpaired) electrons. The molecule has 2 heteroatoms. The molecular formula is C16H25NO. The summed E-state index contributed by atoms with van der Waals surface area (Å²) in [6.07, 6.45) is 4.96. The Morgan fingerprint density at radius 1 is 1.22 bits per heavy atom. The molecule has 0 saturated heterocycles. The van der Waals surface area contributed by atoms with E-state index < -0.39 is 0 Å². The van der Waals surface area contributed by atoms with Gasteiger partial charge in [-0.05, 0) is 37.4 Å². The Morgan fingerprint density at radius 2 is 2.06 bits per heavy atom. The van der Waals surface area contributed by atoms with Crippen molar-refractivity contribution in [3.05, 3.63) is 29.8 Å². The maximum Gasteiger partial charge on any atom is 0.122 e. The second-order valence-electron chi connectivity index (χ2n) is 5.09. The number of rotatable bonds is 6. The number of hydrogen-bond acceptors (Lipinski definition) is 2. The SMILES string of the molecule is CCCOc1ccccc1C1CCCC1NCC. The van der Waals surface area contributed by atoms with E-state index in [2.05, 4.69) is 43.4 Å². The molecule has 0 aromatic heterocycles. The molecule has 1 aliphatic rings. The Hall–Kier alpha value is -1.02. The summed E-state index contributed by atoms with van der Waals surface area (Å²) in [5, 5.41) is 3.62. The standard InChI is InChI=1S/C16H25NO/c1-3-12-18-16-11-6-5-8-14(16)13-9-7-10-15(13)17-4-2/h5-6,8,11,13,15,17H,3-4,7,9-10,12H2,1-2H3. The van der Waals surface area contributed by atoms with Gasteiger partial charge in [0.15, 0.2) is 0 Å². The normalized spacial score (nSPS) is 23.2. The molecule has 0 heterocycles. The first-order valence-corrected chi connectivity index (χ1v) is 7.32. The first kappa shape index (κ1) is 13.4. The molecule has 2 rings (SSSR count). The average Bonchev–Trinajstić information content (AvgIpc) is 2.85. The van der Waals surface area contributed by atoms with Crippen molar-refractivity contribution in [1.29, 1.82) is 0 Å². The molecule has 1 aromatic carbocycles. The molecule has 0 spiro atoms. The lowest BCUT2D eigenvalue weighted by Gasteiger charge is -2.23. The van der Waals surface area contributed by atoms with E-state index in [4.69, 9.17) is 4.74 Å². The molecule has 2 unspecified atom stereocenters. The van der Waals surface area contributed by atoms with E-state index in [9.17, 15) is 0 Å². The zero-order chi connectivity index (χ0) is 12.8. The van der Waals surface area contributed by atoms with Crippen molar-refractivity contribution in [2.75, 3.05) is 13.2 Å². The van der Waals surface area contributed by atoms with Crippen LogP contribution in [0.5, 0.6) is 5.75 Å². The summed E-state index contributed by atoms with van der Waals surface area (Å²) >= 11 is 0. The monoisotopic (exact) mass is 247 g/mol. The molecule has 100 valence electrons. The number of likely N-dealkylation sites (N-methyl/N-ethyl adjacent to an activating group) is 1. The summed E-state index contributed by atoms with van der Waals surface area (Å²) in [5.41, 5.74) is 1.40. The highest BCUT2D eigenvalue weighted by molar-refractivity contribution is 5.37. The second kappa shape index (κ2) is 6.79. The molecule has 2 atom stereocenters. The largest absolute Gasteiger partial charge is 0.493 e. The molecule has 1 fully saturated rings. The fraction of sp³-hybridized carbons (Fsp3) is 0.625. The van der Waals surface area contributed by atoms with Crippen molar-refractivity contribution >= 4 is 0 Å². The smallest absolute Gasteiger partial charge is 0.122 e. The quantitative estimate of drug-likeness (QED) is 0.827. The van der Waals surface area contributed by atoms with Gasteiger partial charge in [-0.1, -0.05) is 38.5 Å². The Labute approximate surface area is 111 Å². The van der Waals surface area contributed by atoms with Crippen LogP contribution in [0, 0.1) is 0 Å². The minimum Gasteiger partial charge on any atom is -0.493 e. The average molecular weight is 247 g/mol. The van der Waals surface area contributed by atoms with Gasteiger partial charge >= 0.3 is 0 Å². The Balaban J connectivity index is 2.15. The van der Waals surface area contributed by atoms with Gasteiger partial charge in [-0.25, -0.2) is 0 Å². The van der Waals surface area contributed by atoms with Crippen LogP contribution in [-0.4, -0.2) is 19.2 Å². The van der Waals surface area contributed by atoms with Crippen LogP contribution in [0.15, 0.2) is 24.3 Å². The lowest BCUT2D eigenvalue weighted by Crippen LogP contribution is -2.31. The highest BCUT2D eigenvalue weighted by Crippen LogP contribution is 2.38. The van der Waals surface area contributed by atoms with Crippen LogP contribution >= 0.6 is 0 Å². The molecule has 0 bridgehead atoms. The van der Waals surface area contributed by atoms with E-state index in [1.165, 1.54) is 24.8 Å². The zero-order valence-electron chi connectivity index (χ0n) is 11.6. The van der Waals surface area contributed by atoms with Crippen LogP contribution in [0.4, 0.5) is 0 Å². The van der Waals surface area contributed by atoms with Gasteiger partial charge in [0.1, 0.15) is 5.75 Å². The highest BCUT2D eigenvalue weighted by Gasteiger charge is 2.29. The van der Waals surface area contributed by atoms with Gasteiger partial charge in [-0.15, -0.1) is 0 Å². The van der Waals surface area contributed by atoms with Gasteiger partial charge in [0, 0.05) is 12.0 Å². The third-order valence-corrected chi connectivity index (χ3v) is 3.76. The van der Waals surface area contributed by atoms with Crippen LogP contribution in [-0.2, 0) is 0 Å². The molecule has 0 aliphatic heterocycles. The fourth-order valence-electron chi connectivity index (χ4n) is 2.97. The number of para-hydroxylation sites is 1. The Morgan fingerprint density at radius 3 is 2.83 bits per heavy atom. The van der Waals surface area contributed by atoms with Gasteiger partial charge in [0.05, 0.1) is 6.61 Å². The third-order valence-electron chi connectivity index (χ3n) is 3.76. The van der Waals surface area contributed by atoms with E-state index in [0.29, 0.717) is 12.0 Å². The van der Waals surface area contributed by atoms with Gasteiger partial charge in [-0.2, -0.15) is 0 Å². The van der Waals surface area contributed by atoms with Gasteiger partial charge in [-0.3, -0.25) is 0 Å². The van der Waals surface area contributed by atoms with E-state index in [0.717, 1.165) is 25.3 Å². The van der Waals surface area contributed by atoms with Crippen molar-refractivity contribution in [2.45, 2.75) is 51.5 Å². The predicted molar refractivity (Wildman–Crippen MR) is 76.3 cm³/mol. The molecule has 1 aromatic rings. The van der Waals surface area contributed by atoms with Crippen molar-refractivity contribution in [1.82, 2.24) is 5.32 Å². The Bertz CT molecular complexity index is 364. The molecule has 1 aliphatic carbocycles. The summed E-state index contributed by atoms with van der Waals surface area (Å²) < 4.78 is 5.90. The van der Waals surface area contributed by atoms with E-state index in [1.54, 1.807) is 0 Å². The number of nitrogens with one attached hydrogen (secondary N) is 1. The molecule has 0 amide bonds. The zero-order valence-corrected chi connectivity index (χ0v) is 11.6. The number of ether oxygens (including phenoxy) is 1. The van der Waals surface area contributed by atoms with E-state index in [1.807, 2.05) is 0 Å². The molecule has 1 N–H and O–H groups in total. The minimum absolute atomic E-state index is 0.623. The maximum absolute atomic E-state index is 5.90. The van der Waals surface area contributed by atoms with Gasteiger partial charge in [0.2, 0.25) is 0 Å². The third kappa shape index (κ3) is 3.05. The molecule has 1 saturated carbocycles. The van der Waals surface area contributed by atoms with E-state index >= 15 is 0 Å². The van der Waals surface area contributed by atoms with Crippen LogP contribution in [0.1, 0.15) is 51.0 Å². The summed E-state index contributed by atoms with van der Waals surface area (Å²) in [4.78, 5) is 0. The summed E-state index contributed by atoms with van der Waals surface area (Å²) in [5.74, 6) is 1.71. The lowest BCUT2D eigenvalue weighted by molar-refractivity contribution is 0.310. The van der Waals surface area contributed by atoms with Gasteiger partial charge < -0.3 is 10.1 Å². The van der Waals surface area contributed by atoms with Crippen molar-refractivity contribution < 1.29 is 4.74 Å². The first-order chi connectivity index (χ1) is 8.86. The first-order valence-electron chi connectivity index (χ1n) is 7.32. The highest BCUT2D eigenvalue weighted by atomic mass is 16.5. The lowest BCUT2D eigenvalue weighted by atomic mass is 9.93. The van der Waals surface area contributed by atoms with Crippen LogP contribution in [0.3, 0.4) is 0 Å². The van der Waals surface area contributed by atoms with Crippen LogP contribution in [0.2, 0.25) is 0 Å². The maximum atomic E-state index is 5.90. The molecule has 2 nitrogen and oxygen atoms in total. The summed E-state index contributed by atoms with van der Waals surface area (Å²) in [6, 6.07) is 9.19. The minimum atomic E-state index is 0.623. The van der Waals surface area contributed by atoms with Crippen LogP contribution in [0.25, 0.3) is 0 Å². The summed E-state index contributed by atoms with van der Waals surface area (Å²) in [7, 11) is 0. The predicted octanol–water partition coefficient (Wildman–Crippen LogP) is 3.72. The molecule has 18 heavy (non-hydrogen) atoms. The molecular weight excluding hydrogens is 222 g/mol. The number of hydrogen-bond donors (Lipinski definition) is 1. The topological polar surface area (TPSA) is 21.3 Å². The fourth-order valence-corrected chi connectivity index (χ4v) is 2.97. The van der Waals surface area contributed by atoms with Crippen molar-refractivity contribution in [2.24, 2.45) is 0 Å². The second-order valence-corrected chi connectivity index (χ2v) is 5.09. The van der Waals surface area contributed by atoms with Crippen molar-refractivity contribution in [3.8, 4) is 5.75 Å². The van der Waals surface area contributed by atoms with Gasteiger partial charge in [0.25, 0.3) is 0 Å².